The summed E-state index contributed by atoms with van der Waals surface area (Å²) in [6.07, 6.45) is 5.02. The third-order valence-electron chi connectivity index (χ3n) is 4.13. The molecule has 0 aliphatic heterocycles. The van der Waals surface area contributed by atoms with Crippen LogP contribution in [0.4, 0.5) is 0 Å². The van der Waals surface area contributed by atoms with E-state index in [2.05, 4.69) is 6.92 Å². The predicted molar refractivity (Wildman–Crippen MR) is 95.9 cm³/mol. The minimum Gasteiger partial charge on any atom is -0.462 e. The van der Waals surface area contributed by atoms with Gasteiger partial charge >= 0.3 is 5.97 Å². The molecule has 1 aromatic carbocycles. The predicted octanol–water partition coefficient (Wildman–Crippen LogP) is 4.31. The Hall–Kier alpha value is -2.36. The summed E-state index contributed by atoms with van der Waals surface area (Å²) >= 11 is 0. The molecule has 0 saturated carbocycles. The van der Waals surface area contributed by atoms with E-state index < -0.39 is 0 Å². The van der Waals surface area contributed by atoms with E-state index in [9.17, 15) is 4.79 Å². The van der Waals surface area contributed by atoms with Crippen molar-refractivity contribution < 1.29 is 9.53 Å². The summed E-state index contributed by atoms with van der Waals surface area (Å²) in [6.45, 7) is 6.95. The number of benzene rings is 1. The molecule has 2 aromatic rings. The Labute approximate surface area is 143 Å². The number of aryl methyl sites for hydroxylation is 1. The molecule has 0 bridgehead atoms. The quantitative estimate of drug-likeness (QED) is 0.609. The molecule has 24 heavy (non-hydrogen) atoms. The fourth-order valence-corrected chi connectivity index (χ4v) is 2.87. The van der Waals surface area contributed by atoms with Gasteiger partial charge in [0.05, 0.1) is 12.2 Å². The highest BCUT2D eigenvalue weighted by atomic mass is 16.5. The number of carbonyl (C=O) groups excluding carboxylic acids is 1. The second kappa shape index (κ2) is 8.48. The van der Waals surface area contributed by atoms with Crippen molar-refractivity contribution in [1.82, 2.24) is 4.57 Å². The number of pyridine rings is 1. The van der Waals surface area contributed by atoms with E-state index >= 15 is 0 Å². The number of nitrogens with zero attached hydrogens (tertiary/aromatic N) is 1. The number of esters is 1. The molecule has 128 valence electrons. The molecular formula is C20H26N2O2. The number of hydrogen-bond acceptors (Lipinski definition) is 3. The van der Waals surface area contributed by atoms with E-state index in [0.29, 0.717) is 17.7 Å². The molecule has 0 atom stereocenters. The molecule has 1 aromatic heterocycles. The maximum Gasteiger partial charge on any atom is 0.340 e. The first-order chi connectivity index (χ1) is 11.6. The molecule has 0 saturated heterocycles. The lowest BCUT2D eigenvalue weighted by atomic mass is 9.96. The second-order valence-corrected chi connectivity index (χ2v) is 5.88. The number of carbonyl (C=O) groups is 1. The number of aromatic nitrogens is 1. The number of rotatable bonds is 7. The van der Waals surface area contributed by atoms with E-state index in [1.54, 1.807) is 13.1 Å². The first-order valence-corrected chi connectivity index (χ1v) is 8.61. The molecule has 0 aliphatic rings. The number of hydrogen-bond donors (Lipinski definition) is 1. The third-order valence-corrected chi connectivity index (χ3v) is 4.13. The van der Waals surface area contributed by atoms with Crippen LogP contribution in [0, 0.1) is 12.3 Å². The van der Waals surface area contributed by atoms with Gasteiger partial charge in [-0.05, 0) is 25.8 Å². The lowest BCUT2D eigenvalue weighted by Crippen LogP contribution is -2.26. The Morgan fingerprint density at radius 1 is 1.17 bits per heavy atom. The van der Waals surface area contributed by atoms with Crippen molar-refractivity contribution in [2.75, 3.05) is 6.61 Å². The first-order valence-electron chi connectivity index (χ1n) is 8.61. The Morgan fingerprint density at radius 3 is 2.50 bits per heavy atom. The average Bonchev–Trinajstić information content (AvgIpc) is 2.59. The summed E-state index contributed by atoms with van der Waals surface area (Å²) in [5.41, 5.74) is 3.53. The molecule has 2 rings (SSSR count). The maximum absolute atomic E-state index is 12.5. The molecule has 0 unspecified atom stereocenters. The highest BCUT2D eigenvalue weighted by Gasteiger charge is 2.19. The normalized spacial score (nSPS) is 10.6. The highest BCUT2D eigenvalue weighted by molar-refractivity contribution is 5.97. The SMILES string of the molecule is CCCCCn1cc(C(=O)OCC)c(-c2ccccc2)c(C)c1=N. The highest BCUT2D eigenvalue weighted by Crippen LogP contribution is 2.26. The van der Waals surface area contributed by atoms with Crippen molar-refractivity contribution in [3.05, 3.63) is 53.1 Å². The van der Waals surface area contributed by atoms with Crippen molar-refractivity contribution in [2.45, 2.75) is 46.6 Å². The molecule has 1 heterocycles. The van der Waals surface area contributed by atoms with Gasteiger partial charge in [0.15, 0.2) is 0 Å². The van der Waals surface area contributed by atoms with Crippen LogP contribution in [0.3, 0.4) is 0 Å². The number of nitrogens with one attached hydrogen (secondary N) is 1. The number of ether oxygens (including phenoxy) is 1. The van der Waals surface area contributed by atoms with Crippen molar-refractivity contribution in [1.29, 1.82) is 5.41 Å². The van der Waals surface area contributed by atoms with Gasteiger partial charge in [-0.1, -0.05) is 50.1 Å². The Morgan fingerprint density at radius 2 is 1.88 bits per heavy atom. The van der Waals surface area contributed by atoms with Crippen LogP contribution in [0.5, 0.6) is 0 Å². The van der Waals surface area contributed by atoms with Crippen molar-refractivity contribution in [2.24, 2.45) is 0 Å². The summed E-state index contributed by atoms with van der Waals surface area (Å²) < 4.78 is 7.12. The fourth-order valence-electron chi connectivity index (χ4n) is 2.87. The summed E-state index contributed by atoms with van der Waals surface area (Å²) in [4.78, 5) is 12.5. The molecule has 4 nitrogen and oxygen atoms in total. The third kappa shape index (κ3) is 3.94. The maximum atomic E-state index is 12.5. The Balaban J connectivity index is 2.58. The monoisotopic (exact) mass is 326 g/mol. The Kier molecular flexibility index (Phi) is 6.36. The summed E-state index contributed by atoms with van der Waals surface area (Å²) in [7, 11) is 0. The topological polar surface area (TPSA) is 55.1 Å². The minimum absolute atomic E-state index is 0.330. The van der Waals surface area contributed by atoms with E-state index in [0.717, 1.165) is 42.5 Å². The second-order valence-electron chi connectivity index (χ2n) is 5.88. The summed E-state index contributed by atoms with van der Waals surface area (Å²) in [6, 6.07) is 9.75. The van der Waals surface area contributed by atoms with Gasteiger partial charge in [-0.2, -0.15) is 0 Å². The van der Waals surface area contributed by atoms with Crippen LogP contribution >= 0.6 is 0 Å². The van der Waals surface area contributed by atoms with Gasteiger partial charge in [0.2, 0.25) is 0 Å². The molecule has 0 aliphatic carbocycles. The van der Waals surface area contributed by atoms with Gasteiger partial charge in [0.25, 0.3) is 0 Å². The van der Waals surface area contributed by atoms with Crippen LogP contribution in [-0.2, 0) is 11.3 Å². The van der Waals surface area contributed by atoms with Crippen LogP contribution in [0.2, 0.25) is 0 Å². The average molecular weight is 326 g/mol. The number of unbranched alkanes of at least 4 members (excludes halogenated alkanes) is 2. The smallest absolute Gasteiger partial charge is 0.340 e. The zero-order chi connectivity index (χ0) is 17.5. The van der Waals surface area contributed by atoms with Gasteiger partial charge in [-0.3, -0.25) is 5.41 Å². The van der Waals surface area contributed by atoms with Gasteiger partial charge in [-0.25, -0.2) is 4.79 Å². The van der Waals surface area contributed by atoms with Crippen molar-refractivity contribution >= 4 is 5.97 Å². The Bertz CT molecular complexity index is 748. The van der Waals surface area contributed by atoms with Gasteiger partial charge in [-0.15, -0.1) is 0 Å². The van der Waals surface area contributed by atoms with E-state index in [1.807, 2.05) is 41.8 Å². The van der Waals surface area contributed by atoms with E-state index in [1.165, 1.54) is 0 Å². The minimum atomic E-state index is -0.330. The molecule has 1 N–H and O–H groups in total. The van der Waals surface area contributed by atoms with E-state index in [4.69, 9.17) is 10.1 Å². The lowest BCUT2D eigenvalue weighted by molar-refractivity contribution is 0.0526. The van der Waals surface area contributed by atoms with Gasteiger partial charge < -0.3 is 9.30 Å². The van der Waals surface area contributed by atoms with Gasteiger partial charge in [0, 0.05) is 23.9 Å². The molecule has 0 radical (unpaired) electrons. The van der Waals surface area contributed by atoms with Crippen LogP contribution in [0.25, 0.3) is 11.1 Å². The molecule has 0 amide bonds. The van der Waals surface area contributed by atoms with Crippen LogP contribution in [-0.4, -0.2) is 17.1 Å². The van der Waals surface area contributed by atoms with Crippen molar-refractivity contribution in [3.8, 4) is 11.1 Å². The van der Waals surface area contributed by atoms with Gasteiger partial charge in [0.1, 0.15) is 5.49 Å². The zero-order valence-electron chi connectivity index (χ0n) is 14.8. The standard InChI is InChI=1S/C20H26N2O2/c1-4-6-10-13-22-14-17(20(23)24-5-2)18(15(3)19(22)21)16-11-8-7-9-12-16/h7-9,11-12,14,21H,4-6,10,13H2,1-3H3. The van der Waals surface area contributed by atoms with E-state index in [-0.39, 0.29) is 5.97 Å². The van der Waals surface area contributed by atoms with Crippen LogP contribution in [0.1, 0.15) is 49.0 Å². The van der Waals surface area contributed by atoms with Crippen LogP contribution < -0.4 is 5.49 Å². The zero-order valence-corrected chi connectivity index (χ0v) is 14.8. The van der Waals surface area contributed by atoms with Crippen LogP contribution in [0.15, 0.2) is 36.5 Å². The fraction of sp³-hybridized carbons (Fsp3) is 0.400. The summed E-state index contributed by atoms with van der Waals surface area (Å²) in [5.74, 6) is -0.330. The van der Waals surface area contributed by atoms with Crippen molar-refractivity contribution in [3.63, 3.8) is 0 Å². The molecule has 4 heteroatoms. The molecule has 0 spiro atoms. The largest absolute Gasteiger partial charge is 0.462 e. The molecular weight excluding hydrogens is 300 g/mol. The lowest BCUT2D eigenvalue weighted by Gasteiger charge is -2.17. The molecule has 0 fully saturated rings. The summed E-state index contributed by atoms with van der Waals surface area (Å²) in [5, 5.41) is 8.47. The first kappa shape index (κ1) is 18.0.